The summed E-state index contributed by atoms with van der Waals surface area (Å²) in [6.07, 6.45) is 0. The molecule has 296 valence electrons. The van der Waals surface area contributed by atoms with E-state index >= 15 is 0 Å². The summed E-state index contributed by atoms with van der Waals surface area (Å²) < 4.78 is 8.63. The molecule has 0 fully saturated rings. The average Bonchev–Trinajstić information content (AvgIpc) is 3.91. The van der Waals surface area contributed by atoms with Crippen molar-refractivity contribution in [2.24, 2.45) is 0 Å². The van der Waals surface area contributed by atoms with Crippen LogP contribution in [-0.2, 0) is 0 Å². The molecular formula is C60H40N2O. The molecule has 12 aromatic rings. The van der Waals surface area contributed by atoms with Crippen LogP contribution in [0.15, 0.2) is 247 Å². The minimum atomic E-state index is 0.901. The van der Waals surface area contributed by atoms with E-state index < -0.39 is 0 Å². The first kappa shape index (κ1) is 36.5. The number of aromatic nitrogens is 1. The zero-order valence-electron chi connectivity index (χ0n) is 34.4. The second-order valence-corrected chi connectivity index (χ2v) is 16.1. The largest absolute Gasteiger partial charge is 0.456 e. The van der Waals surface area contributed by atoms with E-state index in [2.05, 4.69) is 240 Å². The Bertz CT molecular complexity index is 3560. The van der Waals surface area contributed by atoms with E-state index in [1.807, 2.05) is 12.1 Å². The van der Waals surface area contributed by atoms with Crippen molar-refractivity contribution in [3.63, 3.8) is 0 Å². The van der Waals surface area contributed by atoms with Crippen LogP contribution in [0.1, 0.15) is 0 Å². The molecule has 0 aliphatic rings. The predicted molar refractivity (Wildman–Crippen MR) is 264 cm³/mol. The normalized spacial score (nSPS) is 11.5. The highest BCUT2D eigenvalue weighted by Gasteiger charge is 2.21. The zero-order chi connectivity index (χ0) is 41.7. The maximum absolute atomic E-state index is 6.25. The van der Waals surface area contributed by atoms with Gasteiger partial charge in [-0.2, -0.15) is 0 Å². The Labute approximate surface area is 366 Å². The number of nitrogens with zero attached hydrogens (tertiary/aromatic N) is 2. The molecule has 3 nitrogen and oxygen atoms in total. The summed E-state index contributed by atoms with van der Waals surface area (Å²) >= 11 is 0. The Kier molecular flexibility index (Phi) is 8.83. The van der Waals surface area contributed by atoms with Crippen LogP contribution in [0, 0.1) is 0 Å². The van der Waals surface area contributed by atoms with Gasteiger partial charge in [-0.25, -0.2) is 0 Å². The molecule has 12 rings (SSSR count). The Morgan fingerprint density at radius 3 is 1.48 bits per heavy atom. The van der Waals surface area contributed by atoms with Crippen molar-refractivity contribution in [2.75, 3.05) is 4.90 Å². The van der Waals surface area contributed by atoms with Crippen LogP contribution >= 0.6 is 0 Å². The predicted octanol–water partition coefficient (Wildman–Crippen LogP) is 16.8. The van der Waals surface area contributed by atoms with Gasteiger partial charge in [0.2, 0.25) is 0 Å². The van der Waals surface area contributed by atoms with E-state index in [1.54, 1.807) is 0 Å². The van der Waals surface area contributed by atoms with Crippen LogP contribution in [0.3, 0.4) is 0 Å². The van der Waals surface area contributed by atoms with Crippen molar-refractivity contribution < 1.29 is 4.42 Å². The highest BCUT2D eigenvalue weighted by molar-refractivity contribution is 6.12. The molecule has 0 amide bonds. The van der Waals surface area contributed by atoms with Gasteiger partial charge in [-0.3, -0.25) is 0 Å². The highest BCUT2D eigenvalue weighted by atomic mass is 16.3. The molecule has 0 radical (unpaired) electrons. The van der Waals surface area contributed by atoms with Crippen LogP contribution in [0.5, 0.6) is 0 Å². The Balaban J connectivity index is 0.964. The first-order valence-electron chi connectivity index (χ1n) is 21.5. The SMILES string of the molecule is c1ccc(-c2ccccc2N(c2ccc(-c3cccc(-n4c5ccccc5c5ccccc54)c3)cc2)c2ccccc2-c2ccc(-c3cccc4oc5ccccc5c34)cc2)cc1. The fourth-order valence-electron chi connectivity index (χ4n) is 9.52. The molecule has 0 saturated carbocycles. The van der Waals surface area contributed by atoms with Gasteiger partial charge in [-0.05, 0) is 94.0 Å². The maximum atomic E-state index is 6.25. The third-order valence-corrected chi connectivity index (χ3v) is 12.4. The molecule has 0 spiro atoms. The molecule has 2 aromatic heterocycles. The summed E-state index contributed by atoms with van der Waals surface area (Å²) in [4.78, 5) is 2.42. The molecule has 2 heterocycles. The fraction of sp³-hybridized carbons (Fsp3) is 0. The number of para-hydroxylation sites is 5. The van der Waals surface area contributed by atoms with Gasteiger partial charge in [-0.1, -0.05) is 182 Å². The summed E-state index contributed by atoms with van der Waals surface area (Å²) in [6.45, 7) is 0. The number of benzene rings is 10. The fourth-order valence-corrected chi connectivity index (χ4v) is 9.52. The van der Waals surface area contributed by atoms with Crippen molar-refractivity contribution in [2.45, 2.75) is 0 Å². The van der Waals surface area contributed by atoms with E-state index in [9.17, 15) is 0 Å². The van der Waals surface area contributed by atoms with Gasteiger partial charge < -0.3 is 13.9 Å². The number of anilines is 3. The smallest absolute Gasteiger partial charge is 0.136 e. The average molecular weight is 805 g/mol. The maximum Gasteiger partial charge on any atom is 0.136 e. The molecule has 0 aliphatic carbocycles. The van der Waals surface area contributed by atoms with Crippen LogP contribution in [0.4, 0.5) is 17.1 Å². The lowest BCUT2D eigenvalue weighted by molar-refractivity contribution is 0.669. The van der Waals surface area contributed by atoms with E-state index in [-0.39, 0.29) is 0 Å². The summed E-state index contributed by atoms with van der Waals surface area (Å²) in [6, 6.07) is 87.1. The summed E-state index contributed by atoms with van der Waals surface area (Å²) in [5, 5.41) is 4.80. The Morgan fingerprint density at radius 1 is 0.317 bits per heavy atom. The van der Waals surface area contributed by atoms with Crippen molar-refractivity contribution in [1.29, 1.82) is 0 Å². The van der Waals surface area contributed by atoms with Crippen molar-refractivity contribution in [3.05, 3.63) is 243 Å². The Morgan fingerprint density at radius 2 is 0.794 bits per heavy atom. The first-order chi connectivity index (χ1) is 31.3. The number of hydrogen-bond donors (Lipinski definition) is 0. The van der Waals surface area contributed by atoms with Crippen molar-refractivity contribution in [3.8, 4) is 50.2 Å². The zero-order valence-corrected chi connectivity index (χ0v) is 34.4. The summed E-state index contributed by atoms with van der Waals surface area (Å²) in [5.41, 5.74) is 17.9. The molecule has 3 heteroatoms. The van der Waals surface area contributed by atoms with Gasteiger partial charge in [0.25, 0.3) is 0 Å². The monoisotopic (exact) mass is 804 g/mol. The van der Waals surface area contributed by atoms with Crippen molar-refractivity contribution in [1.82, 2.24) is 4.57 Å². The van der Waals surface area contributed by atoms with E-state index in [0.717, 1.165) is 83.6 Å². The van der Waals surface area contributed by atoms with E-state index in [4.69, 9.17) is 4.42 Å². The van der Waals surface area contributed by atoms with E-state index in [1.165, 1.54) is 27.4 Å². The molecule has 0 saturated heterocycles. The molecular weight excluding hydrogens is 765 g/mol. The van der Waals surface area contributed by atoms with Gasteiger partial charge in [0.05, 0.1) is 22.4 Å². The van der Waals surface area contributed by atoms with Crippen LogP contribution in [0.25, 0.3) is 93.9 Å². The quantitative estimate of drug-likeness (QED) is 0.153. The topological polar surface area (TPSA) is 21.3 Å². The second kappa shape index (κ2) is 15.3. The van der Waals surface area contributed by atoms with E-state index in [0.29, 0.717) is 0 Å². The number of rotatable bonds is 8. The molecule has 0 bridgehead atoms. The molecule has 0 unspecified atom stereocenters. The molecule has 10 aromatic carbocycles. The molecule has 0 N–H and O–H groups in total. The van der Waals surface area contributed by atoms with Gasteiger partial charge in [0.1, 0.15) is 11.2 Å². The molecule has 0 atom stereocenters. The minimum absolute atomic E-state index is 0.901. The van der Waals surface area contributed by atoms with Crippen molar-refractivity contribution >= 4 is 60.8 Å². The lowest BCUT2D eigenvalue weighted by Crippen LogP contribution is -2.12. The number of fused-ring (bicyclic) bond motifs is 6. The molecule has 63 heavy (non-hydrogen) atoms. The van der Waals surface area contributed by atoms with Crippen LogP contribution in [0.2, 0.25) is 0 Å². The third kappa shape index (κ3) is 6.29. The van der Waals surface area contributed by atoms with Gasteiger partial charge in [0.15, 0.2) is 0 Å². The summed E-state index contributed by atoms with van der Waals surface area (Å²) in [5.74, 6) is 0. The van der Waals surface area contributed by atoms with Crippen LogP contribution in [-0.4, -0.2) is 4.57 Å². The summed E-state index contributed by atoms with van der Waals surface area (Å²) in [7, 11) is 0. The van der Waals surface area contributed by atoms with Crippen LogP contribution < -0.4 is 4.90 Å². The second-order valence-electron chi connectivity index (χ2n) is 16.1. The first-order valence-corrected chi connectivity index (χ1v) is 21.5. The Hall–Kier alpha value is -8.40. The van der Waals surface area contributed by atoms with Gasteiger partial charge in [0, 0.05) is 44.0 Å². The lowest BCUT2D eigenvalue weighted by Gasteiger charge is -2.30. The standard InChI is InChI=1S/C60H40N2O/c1-2-16-42(17-3-1)48-20-4-9-26-54(48)61(46-38-36-41(37-39-46)45-18-14-19-47(40-45)62-56-28-11-6-22-51(56)52-23-7-12-29-57(52)62)55-27-10-5-21-49(55)43-32-34-44(35-33-43)50-25-15-31-59-60(50)53-24-8-13-30-58(53)63-59/h1-40H. The lowest BCUT2D eigenvalue weighted by atomic mass is 9.95. The number of hydrogen-bond acceptors (Lipinski definition) is 2. The van der Waals surface area contributed by atoms with Gasteiger partial charge in [-0.15, -0.1) is 0 Å². The third-order valence-electron chi connectivity index (χ3n) is 12.4. The number of furan rings is 1. The van der Waals surface area contributed by atoms with Gasteiger partial charge >= 0.3 is 0 Å². The highest BCUT2D eigenvalue weighted by Crippen LogP contribution is 2.46. The minimum Gasteiger partial charge on any atom is -0.456 e. The molecule has 0 aliphatic heterocycles.